The molecule has 0 heterocycles. The first-order valence-corrected chi connectivity index (χ1v) is 8.13. The van der Waals surface area contributed by atoms with E-state index in [9.17, 15) is 0 Å². The van der Waals surface area contributed by atoms with Gasteiger partial charge in [-0.2, -0.15) is 0 Å². The first-order chi connectivity index (χ1) is 9.47. The maximum Gasteiger partial charge on any atom is 0.0642 e. The van der Waals surface area contributed by atoms with Crippen LogP contribution in [0.3, 0.4) is 0 Å². The van der Waals surface area contributed by atoms with Crippen molar-refractivity contribution in [3.63, 3.8) is 0 Å². The van der Waals surface area contributed by atoms with Gasteiger partial charge in [-0.25, -0.2) is 0 Å². The summed E-state index contributed by atoms with van der Waals surface area (Å²) in [7, 11) is 0. The number of rotatable bonds is 7. The lowest BCUT2D eigenvalue weighted by atomic mass is 10.1. The Hall–Kier alpha value is -0.730. The van der Waals surface area contributed by atoms with Gasteiger partial charge in [0.25, 0.3) is 0 Å². The molecule has 2 rings (SSSR count). The molecule has 0 aromatic heterocycles. The molecule has 1 aliphatic carbocycles. The van der Waals surface area contributed by atoms with Crippen LogP contribution >= 0.6 is 11.6 Å². The Morgan fingerprint density at radius 2 is 1.95 bits per heavy atom. The summed E-state index contributed by atoms with van der Waals surface area (Å²) in [6, 6.07) is 7.69. The summed E-state index contributed by atoms with van der Waals surface area (Å²) in [5, 5.41) is 4.40. The standard InChI is InChI=1S/C17H27ClN2/c1-12(2)11-20(13(3)4)17-8-5-14(9-16(17)18)10-19-15-6-7-15/h5,8-9,12-13,15,19H,6-7,10-11H2,1-4H3. The van der Waals surface area contributed by atoms with Crippen LogP contribution in [0.25, 0.3) is 0 Å². The van der Waals surface area contributed by atoms with Gasteiger partial charge in [0.2, 0.25) is 0 Å². The molecule has 3 heteroatoms. The van der Waals surface area contributed by atoms with Gasteiger partial charge in [0.1, 0.15) is 0 Å². The minimum absolute atomic E-state index is 0.463. The molecule has 112 valence electrons. The number of nitrogens with zero attached hydrogens (tertiary/aromatic N) is 1. The van der Waals surface area contributed by atoms with Gasteiger partial charge >= 0.3 is 0 Å². The monoisotopic (exact) mass is 294 g/mol. The molecule has 20 heavy (non-hydrogen) atoms. The molecule has 0 bridgehead atoms. The fourth-order valence-electron chi connectivity index (χ4n) is 2.42. The average Bonchev–Trinajstić information content (AvgIpc) is 3.17. The molecule has 1 aromatic rings. The molecule has 1 fully saturated rings. The highest BCUT2D eigenvalue weighted by Gasteiger charge is 2.20. The summed E-state index contributed by atoms with van der Waals surface area (Å²) >= 11 is 6.51. The van der Waals surface area contributed by atoms with E-state index in [0.717, 1.165) is 29.8 Å². The van der Waals surface area contributed by atoms with Crippen LogP contribution in [0.2, 0.25) is 5.02 Å². The molecule has 0 spiro atoms. The Morgan fingerprint density at radius 1 is 1.25 bits per heavy atom. The largest absolute Gasteiger partial charge is 0.368 e. The average molecular weight is 295 g/mol. The fourth-order valence-corrected chi connectivity index (χ4v) is 2.74. The van der Waals surface area contributed by atoms with Crippen LogP contribution in [-0.4, -0.2) is 18.6 Å². The van der Waals surface area contributed by atoms with E-state index in [1.807, 2.05) is 0 Å². The number of halogens is 1. The van der Waals surface area contributed by atoms with E-state index < -0.39 is 0 Å². The molecule has 0 amide bonds. The molecule has 0 atom stereocenters. The van der Waals surface area contributed by atoms with E-state index in [2.05, 4.69) is 56.1 Å². The second-order valence-electron chi connectivity index (χ2n) is 6.58. The molecule has 1 N–H and O–H groups in total. The smallest absolute Gasteiger partial charge is 0.0642 e. The fraction of sp³-hybridized carbons (Fsp3) is 0.647. The highest BCUT2D eigenvalue weighted by molar-refractivity contribution is 6.33. The number of nitrogens with one attached hydrogen (secondary N) is 1. The molecule has 2 nitrogen and oxygen atoms in total. The SMILES string of the molecule is CC(C)CN(c1ccc(CNC2CC2)cc1Cl)C(C)C. The lowest BCUT2D eigenvalue weighted by Crippen LogP contribution is -2.34. The zero-order valence-electron chi connectivity index (χ0n) is 13.1. The van der Waals surface area contributed by atoms with Gasteiger partial charge in [0.05, 0.1) is 10.7 Å². The van der Waals surface area contributed by atoms with Crippen LogP contribution in [-0.2, 0) is 6.54 Å². The van der Waals surface area contributed by atoms with Crippen LogP contribution in [0.5, 0.6) is 0 Å². The van der Waals surface area contributed by atoms with Crippen molar-refractivity contribution in [3.8, 4) is 0 Å². The number of anilines is 1. The van der Waals surface area contributed by atoms with Gasteiger partial charge < -0.3 is 10.2 Å². The third kappa shape index (κ3) is 4.39. The molecule has 1 aromatic carbocycles. The van der Waals surface area contributed by atoms with Gasteiger partial charge in [-0.3, -0.25) is 0 Å². The van der Waals surface area contributed by atoms with Crippen LogP contribution in [0, 0.1) is 5.92 Å². The van der Waals surface area contributed by atoms with Gasteiger partial charge in [-0.1, -0.05) is 31.5 Å². The zero-order valence-corrected chi connectivity index (χ0v) is 13.9. The predicted molar refractivity (Wildman–Crippen MR) is 88.6 cm³/mol. The Morgan fingerprint density at radius 3 is 2.45 bits per heavy atom. The predicted octanol–water partition coefficient (Wildman–Crippen LogP) is 4.46. The molecular weight excluding hydrogens is 268 g/mol. The second-order valence-corrected chi connectivity index (χ2v) is 6.99. The highest BCUT2D eigenvalue weighted by Crippen LogP contribution is 2.29. The van der Waals surface area contributed by atoms with E-state index in [1.54, 1.807) is 0 Å². The zero-order chi connectivity index (χ0) is 14.7. The molecule has 1 aliphatic rings. The minimum atomic E-state index is 0.463. The van der Waals surface area contributed by atoms with Crippen molar-refractivity contribution in [2.45, 2.75) is 59.2 Å². The topological polar surface area (TPSA) is 15.3 Å². The normalized spacial score (nSPS) is 15.2. The van der Waals surface area contributed by atoms with E-state index in [0.29, 0.717) is 12.0 Å². The molecule has 1 saturated carbocycles. The molecule has 0 unspecified atom stereocenters. The maximum absolute atomic E-state index is 6.51. The van der Waals surface area contributed by atoms with Crippen LogP contribution in [0.4, 0.5) is 5.69 Å². The minimum Gasteiger partial charge on any atom is -0.368 e. The van der Waals surface area contributed by atoms with E-state index in [1.165, 1.54) is 18.4 Å². The third-order valence-corrected chi connectivity index (χ3v) is 3.98. The summed E-state index contributed by atoms with van der Waals surface area (Å²) in [4.78, 5) is 2.39. The van der Waals surface area contributed by atoms with Crippen molar-refractivity contribution in [1.82, 2.24) is 5.32 Å². The van der Waals surface area contributed by atoms with Crippen molar-refractivity contribution >= 4 is 17.3 Å². The van der Waals surface area contributed by atoms with Crippen LogP contribution in [0.15, 0.2) is 18.2 Å². The van der Waals surface area contributed by atoms with E-state index in [-0.39, 0.29) is 0 Å². The summed E-state index contributed by atoms with van der Waals surface area (Å²) in [6.07, 6.45) is 2.64. The Labute approximate surface area is 128 Å². The number of hydrogen-bond acceptors (Lipinski definition) is 2. The Bertz CT molecular complexity index is 439. The van der Waals surface area contributed by atoms with Gasteiger partial charge in [-0.05, 0) is 50.3 Å². The van der Waals surface area contributed by atoms with E-state index >= 15 is 0 Å². The second kappa shape index (κ2) is 6.82. The first-order valence-electron chi connectivity index (χ1n) is 7.75. The number of hydrogen-bond donors (Lipinski definition) is 1. The lowest BCUT2D eigenvalue weighted by Gasteiger charge is -2.31. The Balaban J connectivity index is 2.09. The van der Waals surface area contributed by atoms with Crippen molar-refractivity contribution in [2.24, 2.45) is 5.92 Å². The van der Waals surface area contributed by atoms with Crippen LogP contribution < -0.4 is 10.2 Å². The molecule has 0 saturated heterocycles. The summed E-state index contributed by atoms with van der Waals surface area (Å²) < 4.78 is 0. The molecular formula is C17H27ClN2. The molecule has 0 radical (unpaired) electrons. The summed E-state index contributed by atoms with van der Waals surface area (Å²) in [5.74, 6) is 0.629. The summed E-state index contributed by atoms with van der Waals surface area (Å²) in [5.41, 5.74) is 2.43. The van der Waals surface area contributed by atoms with Gasteiger partial charge in [0, 0.05) is 25.2 Å². The number of benzene rings is 1. The molecule has 0 aliphatic heterocycles. The Kier molecular flexibility index (Phi) is 5.34. The quantitative estimate of drug-likeness (QED) is 0.798. The van der Waals surface area contributed by atoms with Crippen molar-refractivity contribution in [1.29, 1.82) is 0 Å². The van der Waals surface area contributed by atoms with E-state index in [4.69, 9.17) is 11.6 Å². The van der Waals surface area contributed by atoms with Gasteiger partial charge in [-0.15, -0.1) is 0 Å². The summed E-state index contributed by atoms with van der Waals surface area (Å²) in [6.45, 7) is 10.9. The van der Waals surface area contributed by atoms with Crippen molar-refractivity contribution in [2.75, 3.05) is 11.4 Å². The maximum atomic E-state index is 6.51. The highest BCUT2D eigenvalue weighted by atomic mass is 35.5. The first kappa shape index (κ1) is 15.7. The van der Waals surface area contributed by atoms with Crippen molar-refractivity contribution < 1.29 is 0 Å². The van der Waals surface area contributed by atoms with Crippen LogP contribution in [0.1, 0.15) is 46.1 Å². The lowest BCUT2D eigenvalue weighted by molar-refractivity contribution is 0.571. The third-order valence-electron chi connectivity index (χ3n) is 3.68. The van der Waals surface area contributed by atoms with Gasteiger partial charge in [0.15, 0.2) is 0 Å². The van der Waals surface area contributed by atoms with Crippen molar-refractivity contribution in [3.05, 3.63) is 28.8 Å².